The summed E-state index contributed by atoms with van der Waals surface area (Å²) in [7, 11) is 0. The van der Waals surface area contributed by atoms with Gasteiger partial charge in [-0.2, -0.15) is 0 Å². The number of pyridine rings is 1. The molecule has 1 fully saturated rings. The molecule has 32 heavy (non-hydrogen) atoms. The van der Waals surface area contributed by atoms with E-state index in [1.807, 2.05) is 0 Å². The van der Waals surface area contributed by atoms with Crippen molar-refractivity contribution in [2.75, 3.05) is 18.1 Å². The van der Waals surface area contributed by atoms with Gasteiger partial charge in [-0.15, -0.1) is 0 Å². The summed E-state index contributed by atoms with van der Waals surface area (Å²) in [6, 6.07) is 8.70. The van der Waals surface area contributed by atoms with E-state index in [9.17, 15) is 19.2 Å². The first-order valence-corrected chi connectivity index (χ1v) is 9.98. The average Bonchev–Trinajstić information content (AvgIpc) is 3.13. The summed E-state index contributed by atoms with van der Waals surface area (Å²) in [5, 5.41) is 8.96. The number of esters is 2. The molecule has 3 rings (SSSR count). The first-order chi connectivity index (χ1) is 15.3. The summed E-state index contributed by atoms with van der Waals surface area (Å²) in [5.41, 5.74) is -1.59. The summed E-state index contributed by atoms with van der Waals surface area (Å²) in [4.78, 5) is 54.4. The van der Waals surface area contributed by atoms with E-state index >= 15 is 0 Å². The van der Waals surface area contributed by atoms with E-state index in [2.05, 4.69) is 4.98 Å². The van der Waals surface area contributed by atoms with Crippen LogP contribution in [-0.4, -0.2) is 52.7 Å². The van der Waals surface area contributed by atoms with E-state index in [1.165, 1.54) is 42.6 Å². The highest BCUT2D eigenvalue weighted by Crippen LogP contribution is 2.38. The minimum atomic E-state index is -1.92. The van der Waals surface area contributed by atoms with Crippen LogP contribution in [-0.2, 0) is 23.9 Å². The zero-order valence-corrected chi connectivity index (χ0v) is 17.6. The van der Waals surface area contributed by atoms with Gasteiger partial charge < -0.3 is 19.3 Å². The number of hydrogen-bond donors (Lipinski definition) is 1. The van der Waals surface area contributed by atoms with Crippen LogP contribution in [0.4, 0.5) is 5.69 Å². The molecule has 1 N–H and O–H groups in total. The fourth-order valence-electron chi connectivity index (χ4n) is 3.41. The number of amides is 1. The summed E-state index contributed by atoms with van der Waals surface area (Å²) >= 11 is 0. The summed E-state index contributed by atoms with van der Waals surface area (Å²) in [6.45, 7) is 3.28. The number of ether oxygens (including phenoxy) is 3. The fourth-order valence-corrected chi connectivity index (χ4v) is 3.41. The number of carbonyl (C=O) groups is 4. The number of hydrogen-bond acceptors (Lipinski definition) is 8. The number of rotatable bonds is 8. The van der Waals surface area contributed by atoms with Crippen LogP contribution in [0.3, 0.4) is 0 Å². The number of carboxylic acid groups (broad SMARTS) is 1. The Hall–Kier alpha value is -3.95. The molecule has 0 saturated carbocycles. The lowest BCUT2D eigenvalue weighted by molar-refractivity contribution is -0.164. The molecule has 10 heteroatoms. The number of aromatic nitrogens is 1. The second-order valence-electron chi connectivity index (χ2n) is 6.82. The van der Waals surface area contributed by atoms with Gasteiger partial charge in [-0.05, 0) is 44.2 Å². The molecule has 2 heterocycles. The molecule has 0 atom stereocenters. The zero-order valence-electron chi connectivity index (χ0n) is 17.6. The first-order valence-electron chi connectivity index (χ1n) is 9.98. The van der Waals surface area contributed by atoms with Crippen molar-refractivity contribution in [2.45, 2.75) is 32.2 Å². The third-order valence-electron chi connectivity index (χ3n) is 4.86. The van der Waals surface area contributed by atoms with Crippen LogP contribution in [0.5, 0.6) is 11.6 Å². The maximum absolute atomic E-state index is 12.8. The number of aromatic carboxylic acids is 1. The van der Waals surface area contributed by atoms with Gasteiger partial charge in [0.2, 0.25) is 17.3 Å². The second kappa shape index (κ2) is 9.46. The third-order valence-corrected chi connectivity index (χ3v) is 4.86. The molecule has 0 radical (unpaired) electrons. The Morgan fingerprint density at radius 2 is 1.66 bits per heavy atom. The van der Waals surface area contributed by atoms with Gasteiger partial charge in [0.05, 0.1) is 30.7 Å². The van der Waals surface area contributed by atoms with Crippen molar-refractivity contribution < 1.29 is 38.5 Å². The van der Waals surface area contributed by atoms with Gasteiger partial charge in [-0.3, -0.25) is 9.69 Å². The molecular weight excluding hydrogens is 420 g/mol. The lowest BCUT2D eigenvalue weighted by Crippen LogP contribution is -2.59. The number of carbonyl (C=O) groups excluding carboxylic acids is 3. The van der Waals surface area contributed by atoms with Gasteiger partial charge in [0.1, 0.15) is 5.75 Å². The smallest absolute Gasteiger partial charge is 0.344 e. The molecule has 1 aromatic heterocycles. The molecule has 1 amide bonds. The van der Waals surface area contributed by atoms with E-state index in [-0.39, 0.29) is 43.2 Å². The predicted octanol–water partition coefficient (Wildman–Crippen LogP) is 2.56. The van der Waals surface area contributed by atoms with Crippen LogP contribution in [0.1, 0.15) is 37.0 Å². The molecule has 1 aliphatic heterocycles. The highest BCUT2D eigenvalue weighted by Gasteiger charge is 2.60. The minimum Gasteiger partial charge on any atom is -0.478 e. The van der Waals surface area contributed by atoms with E-state index in [4.69, 9.17) is 19.3 Å². The van der Waals surface area contributed by atoms with Crippen molar-refractivity contribution in [1.29, 1.82) is 0 Å². The lowest BCUT2D eigenvalue weighted by Gasteiger charge is -2.33. The van der Waals surface area contributed by atoms with Crippen LogP contribution in [0.25, 0.3) is 0 Å². The molecule has 2 aromatic rings. The van der Waals surface area contributed by atoms with Crippen molar-refractivity contribution >= 4 is 29.5 Å². The van der Waals surface area contributed by atoms with Crippen LogP contribution in [0, 0.1) is 0 Å². The average molecular weight is 442 g/mol. The topological polar surface area (TPSA) is 132 Å². The van der Waals surface area contributed by atoms with Crippen LogP contribution < -0.4 is 9.64 Å². The Morgan fingerprint density at radius 1 is 1.03 bits per heavy atom. The van der Waals surface area contributed by atoms with Crippen molar-refractivity contribution in [3.05, 3.63) is 48.2 Å². The van der Waals surface area contributed by atoms with Gasteiger partial charge in [-0.25, -0.2) is 19.4 Å². The monoisotopic (exact) mass is 442 g/mol. The molecule has 0 aliphatic carbocycles. The highest BCUT2D eigenvalue weighted by molar-refractivity contribution is 6.18. The van der Waals surface area contributed by atoms with Gasteiger partial charge >= 0.3 is 17.9 Å². The van der Waals surface area contributed by atoms with Gasteiger partial charge in [-0.1, -0.05) is 0 Å². The Balaban J connectivity index is 1.89. The Labute approximate surface area is 183 Å². The standard InChI is InChI=1S/C22H22N2O8/c1-3-30-20(28)22(21(29)31-4-2)12-11-18(25)24(22)15-7-10-17(23-13-15)32-16-8-5-14(6-9-16)19(26)27/h5-10,13H,3-4,11-12H2,1-2H3,(H,26,27). The van der Waals surface area contributed by atoms with Crippen LogP contribution in [0.2, 0.25) is 0 Å². The van der Waals surface area contributed by atoms with Gasteiger partial charge in [0.25, 0.3) is 0 Å². The van der Waals surface area contributed by atoms with E-state index in [0.717, 1.165) is 4.90 Å². The second-order valence-corrected chi connectivity index (χ2v) is 6.82. The van der Waals surface area contributed by atoms with E-state index < -0.39 is 29.4 Å². The molecule has 1 aromatic carbocycles. The maximum atomic E-state index is 12.8. The Kier molecular flexibility index (Phi) is 6.72. The van der Waals surface area contributed by atoms with Crippen LogP contribution >= 0.6 is 0 Å². The molecule has 0 bridgehead atoms. The minimum absolute atomic E-state index is 0.0354. The van der Waals surface area contributed by atoms with Crippen molar-refractivity contribution in [1.82, 2.24) is 4.98 Å². The molecular formula is C22H22N2O8. The number of anilines is 1. The maximum Gasteiger partial charge on any atom is 0.344 e. The van der Waals surface area contributed by atoms with Crippen molar-refractivity contribution in [3.8, 4) is 11.6 Å². The van der Waals surface area contributed by atoms with Crippen LogP contribution in [0.15, 0.2) is 42.6 Å². The Morgan fingerprint density at radius 3 is 2.16 bits per heavy atom. The molecule has 0 unspecified atom stereocenters. The SMILES string of the molecule is CCOC(=O)C1(C(=O)OCC)CCC(=O)N1c1ccc(Oc2ccc(C(=O)O)cc2)nc1. The summed E-state index contributed by atoms with van der Waals surface area (Å²) in [5.74, 6) is -2.68. The molecule has 168 valence electrons. The normalized spacial score (nSPS) is 14.7. The molecule has 1 aliphatic rings. The number of benzene rings is 1. The summed E-state index contributed by atoms with van der Waals surface area (Å²) in [6.07, 6.45) is 1.20. The lowest BCUT2D eigenvalue weighted by atomic mass is 9.95. The zero-order chi connectivity index (χ0) is 23.3. The largest absolute Gasteiger partial charge is 0.478 e. The van der Waals surface area contributed by atoms with Gasteiger partial charge in [0, 0.05) is 18.9 Å². The molecule has 10 nitrogen and oxygen atoms in total. The first kappa shape index (κ1) is 22.7. The highest BCUT2D eigenvalue weighted by atomic mass is 16.6. The fraction of sp³-hybridized carbons (Fsp3) is 0.318. The predicted molar refractivity (Wildman–Crippen MR) is 110 cm³/mol. The van der Waals surface area contributed by atoms with E-state index in [1.54, 1.807) is 13.8 Å². The van der Waals surface area contributed by atoms with Gasteiger partial charge in [0.15, 0.2) is 0 Å². The third kappa shape index (κ3) is 4.25. The number of nitrogens with zero attached hydrogens (tertiary/aromatic N) is 2. The van der Waals surface area contributed by atoms with Crippen molar-refractivity contribution in [2.24, 2.45) is 0 Å². The van der Waals surface area contributed by atoms with E-state index in [0.29, 0.717) is 5.75 Å². The Bertz CT molecular complexity index is 999. The van der Waals surface area contributed by atoms with Crippen molar-refractivity contribution in [3.63, 3.8) is 0 Å². The molecule has 0 spiro atoms. The summed E-state index contributed by atoms with van der Waals surface area (Å²) < 4.78 is 15.8. The number of carboxylic acids is 1. The molecule has 1 saturated heterocycles. The quantitative estimate of drug-likeness (QED) is 0.484.